The molecule has 3 rings (SSSR count). The molecule has 1 aliphatic heterocycles. The van der Waals surface area contributed by atoms with Gasteiger partial charge in [-0.15, -0.1) is 0 Å². The molecule has 1 saturated heterocycles. The van der Waals surface area contributed by atoms with Crippen LogP contribution in [0.2, 0.25) is 0 Å². The maximum atomic E-state index is 13.0. The zero-order valence-corrected chi connectivity index (χ0v) is 14.1. The second-order valence-electron chi connectivity index (χ2n) is 5.81. The molecule has 1 fully saturated rings. The molecule has 2 heterocycles. The fraction of sp³-hybridized carbons (Fsp3) is 0.412. The molecule has 1 aromatic carbocycles. The predicted molar refractivity (Wildman–Crippen MR) is 93.6 cm³/mol. The van der Waals surface area contributed by atoms with Gasteiger partial charge in [0.15, 0.2) is 5.96 Å². The van der Waals surface area contributed by atoms with Gasteiger partial charge in [0.2, 0.25) is 0 Å². The molecule has 0 amide bonds. The molecule has 2 aromatic rings. The summed E-state index contributed by atoms with van der Waals surface area (Å²) in [5.41, 5.74) is 1.06. The lowest BCUT2D eigenvalue weighted by molar-refractivity contribution is 0.371. The van der Waals surface area contributed by atoms with Crippen molar-refractivity contribution < 1.29 is 4.39 Å². The van der Waals surface area contributed by atoms with E-state index in [2.05, 4.69) is 25.1 Å². The van der Waals surface area contributed by atoms with Crippen LogP contribution in [0.3, 0.4) is 0 Å². The molecule has 6 nitrogen and oxygen atoms in total. The number of guanidine groups is 1. The monoisotopic (exact) mass is 330 g/mol. The van der Waals surface area contributed by atoms with Crippen molar-refractivity contribution in [3.05, 3.63) is 48.3 Å². The third-order valence-electron chi connectivity index (χ3n) is 4.31. The maximum absolute atomic E-state index is 13.0. The second kappa shape index (κ2) is 7.33. The quantitative estimate of drug-likeness (QED) is 0.684. The Kier molecular flexibility index (Phi) is 4.98. The molecule has 24 heavy (non-hydrogen) atoms. The number of hydrogen-bond acceptors (Lipinski definition) is 3. The summed E-state index contributed by atoms with van der Waals surface area (Å²) in [6, 6.07) is 6.68. The first-order chi connectivity index (χ1) is 11.7. The van der Waals surface area contributed by atoms with Crippen LogP contribution in [0.15, 0.2) is 41.7 Å². The van der Waals surface area contributed by atoms with E-state index < -0.39 is 0 Å². The first-order valence-electron chi connectivity index (χ1n) is 8.09. The highest BCUT2D eigenvalue weighted by Gasteiger charge is 2.20. The standard InChI is InChI=1S/C17H23FN6/c1-19-17(21-13-16-20-7-8-22(16)2)24-11-9-23(10-12-24)15-5-3-14(18)4-6-15/h3-8H,9-13H2,1-2H3,(H,19,21). The number of rotatable bonds is 3. The molecule has 128 valence electrons. The third kappa shape index (κ3) is 3.67. The van der Waals surface area contributed by atoms with Crippen LogP contribution in [-0.4, -0.2) is 53.6 Å². The molecule has 0 unspecified atom stereocenters. The largest absolute Gasteiger partial charge is 0.368 e. The Morgan fingerprint density at radius 3 is 2.50 bits per heavy atom. The number of nitrogens with one attached hydrogen (secondary N) is 1. The minimum absolute atomic E-state index is 0.198. The van der Waals surface area contributed by atoms with E-state index in [9.17, 15) is 4.39 Å². The normalized spacial score (nSPS) is 15.7. The molecule has 0 bridgehead atoms. The van der Waals surface area contributed by atoms with E-state index in [0.717, 1.165) is 43.7 Å². The van der Waals surface area contributed by atoms with Crippen molar-refractivity contribution in [2.45, 2.75) is 6.54 Å². The van der Waals surface area contributed by atoms with Gasteiger partial charge < -0.3 is 19.7 Å². The Hall–Kier alpha value is -2.57. The van der Waals surface area contributed by atoms with Gasteiger partial charge in [-0.25, -0.2) is 9.37 Å². The van der Waals surface area contributed by atoms with Crippen LogP contribution < -0.4 is 10.2 Å². The minimum Gasteiger partial charge on any atom is -0.368 e. The number of benzene rings is 1. The highest BCUT2D eigenvalue weighted by molar-refractivity contribution is 5.80. The topological polar surface area (TPSA) is 48.7 Å². The Morgan fingerprint density at radius 1 is 1.21 bits per heavy atom. The van der Waals surface area contributed by atoms with Crippen molar-refractivity contribution in [2.75, 3.05) is 38.1 Å². The number of aliphatic imine (C=N–C) groups is 1. The van der Waals surface area contributed by atoms with Gasteiger partial charge in [-0.1, -0.05) is 0 Å². The molecule has 0 atom stereocenters. The maximum Gasteiger partial charge on any atom is 0.194 e. The fourth-order valence-corrected chi connectivity index (χ4v) is 2.89. The molecule has 0 radical (unpaired) electrons. The summed E-state index contributed by atoms with van der Waals surface area (Å²) in [4.78, 5) is 13.2. The highest BCUT2D eigenvalue weighted by atomic mass is 19.1. The summed E-state index contributed by atoms with van der Waals surface area (Å²) in [6.45, 7) is 4.16. The summed E-state index contributed by atoms with van der Waals surface area (Å²) < 4.78 is 15.0. The van der Waals surface area contributed by atoms with Crippen molar-refractivity contribution >= 4 is 11.6 Å². The summed E-state index contributed by atoms with van der Waals surface area (Å²) in [5, 5.41) is 3.37. The number of aromatic nitrogens is 2. The molecule has 1 aromatic heterocycles. The minimum atomic E-state index is -0.198. The smallest absolute Gasteiger partial charge is 0.194 e. The molecular formula is C17H23FN6. The van der Waals surface area contributed by atoms with E-state index >= 15 is 0 Å². The molecule has 0 saturated carbocycles. The Morgan fingerprint density at radius 2 is 1.92 bits per heavy atom. The number of aryl methyl sites for hydroxylation is 1. The third-order valence-corrected chi connectivity index (χ3v) is 4.31. The molecule has 1 aliphatic rings. The molecule has 0 spiro atoms. The van der Waals surface area contributed by atoms with E-state index in [1.165, 1.54) is 12.1 Å². The van der Waals surface area contributed by atoms with E-state index in [4.69, 9.17) is 0 Å². The van der Waals surface area contributed by atoms with Crippen molar-refractivity contribution in [3.8, 4) is 0 Å². The van der Waals surface area contributed by atoms with Crippen LogP contribution in [0.25, 0.3) is 0 Å². The van der Waals surface area contributed by atoms with Crippen LogP contribution in [0.5, 0.6) is 0 Å². The van der Waals surface area contributed by atoms with Gasteiger partial charge in [0.05, 0.1) is 6.54 Å². The van der Waals surface area contributed by atoms with Crippen LogP contribution in [0.1, 0.15) is 5.82 Å². The van der Waals surface area contributed by atoms with Gasteiger partial charge >= 0.3 is 0 Å². The van der Waals surface area contributed by atoms with Crippen LogP contribution in [0, 0.1) is 5.82 Å². The number of anilines is 1. The van der Waals surface area contributed by atoms with Crippen LogP contribution in [0.4, 0.5) is 10.1 Å². The number of imidazole rings is 1. The SMILES string of the molecule is CN=C(NCc1nccn1C)N1CCN(c2ccc(F)cc2)CC1. The van der Waals surface area contributed by atoms with E-state index in [1.54, 1.807) is 13.2 Å². The average molecular weight is 330 g/mol. The second-order valence-corrected chi connectivity index (χ2v) is 5.81. The molecule has 1 N–H and O–H groups in total. The van der Waals surface area contributed by atoms with E-state index in [-0.39, 0.29) is 5.82 Å². The lowest BCUT2D eigenvalue weighted by Crippen LogP contribution is -2.52. The number of nitrogens with zero attached hydrogens (tertiary/aromatic N) is 5. The van der Waals surface area contributed by atoms with Crippen molar-refractivity contribution in [1.29, 1.82) is 0 Å². The first-order valence-corrected chi connectivity index (χ1v) is 8.09. The predicted octanol–water partition coefficient (Wildman–Crippen LogP) is 1.46. The zero-order chi connectivity index (χ0) is 16.9. The van der Waals surface area contributed by atoms with Gasteiger partial charge in [0.1, 0.15) is 11.6 Å². The summed E-state index contributed by atoms with van der Waals surface area (Å²) in [5.74, 6) is 1.66. The van der Waals surface area contributed by atoms with Crippen molar-refractivity contribution in [2.24, 2.45) is 12.0 Å². The van der Waals surface area contributed by atoms with Crippen LogP contribution in [-0.2, 0) is 13.6 Å². The lowest BCUT2D eigenvalue weighted by atomic mass is 10.2. The zero-order valence-electron chi connectivity index (χ0n) is 14.1. The lowest BCUT2D eigenvalue weighted by Gasteiger charge is -2.37. The Bertz CT molecular complexity index is 685. The highest BCUT2D eigenvalue weighted by Crippen LogP contribution is 2.16. The molecular weight excluding hydrogens is 307 g/mol. The van der Waals surface area contributed by atoms with Gasteiger partial charge in [-0.2, -0.15) is 0 Å². The van der Waals surface area contributed by atoms with Gasteiger partial charge in [-0.05, 0) is 24.3 Å². The number of hydrogen-bond donors (Lipinski definition) is 1. The van der Waals surface area contributed by atoms with E-state index in [1.807, 2.05) is 29.9 Å². The van der Waals surface area contributed by atoms with Crippen molar-refractivity contribution in [1.82, 2.24) is 19.8 Å². The van der Waals surface area contributed by atoms with Gasteiger partial charge in [-0.3, -0.25) is 4.99 Å². The number of piperazine rings is 1. The van der Waals surface area contributed by atoms with Crippen LogP contribution >= 0.6 is 0 Å². The first kappa shape index (κ1) is 16.3. The van der Waals surface area contributed by atoms with E-state index in [0.29, 0.717) is 6.54 Å². The Balaban J connectivity index is 1.54. The fourth-order valence-electron chi connectivity index (χ4n) is 2.89. The average Bonchev–Trinajstić information content (AvgIpc) is 3.02. The summed E-state index contributed by atoms with van der Waals surface area (Å²) in [7, 11) is 3.78. The van der Waals surface area contributed by atoms with Gasteiger partial charge in [0, 0.05) is 58.4 Å². The molecule has 0 aliphatic carbocycles. The van der Waals surface area contributed by atoms with Crippen molar-refractivity contribution in [3.63, 3.8) is 0 Å². The Labute approximate surface area is 141 Å². The van der Waals surface area contributed by atoms with Gasteiger partial charge in [0.25, 0.3) is 0 Å². The number of halogens is 1. The molecule has 7 heteroatoms. The summed E-state index contributed by atoms with van der Waals surface area (Å²) in [6.07, 6.45) is 3.72. The summed E-state index contributed by atoms with van der Waals surface area (Å²) >= 11 is 0.